The van der Waals surface area contributed by atoms with Crippen molar-refractivity contribution < 1.29 is 4.21 Å². The molecule has 0 bridgehead atoms. The highest BCUT2D eigenvalue weighted by atomic mass is 32.2. The number of hydrogen-bond donors (Lipinski definition) is 0. The van der Waals surface area contributed by atoms with Crippen LogP contribution in [0.4, 0.5) is 0 Å². The summed E-state index contributed by atoms with van der Waals surface area (Å²) < 4.78 is 10.8. The lowest BCUT2D eigenvalue weighted by molar-refractivity contribution is 0.691. The maximum atomic E-state index is 10.8. The van der Waals surface area contributed by atoms with E-state index in [2.05, 4.69) is 6.92 Å². The predicted molar refractivity (Wildman–Crippen MR) is 46.9 cm³/mol. The van der Waals surface area contributed by atoms with Crippen LogP contribution in [0.15, 0.2) is 0 Å². The lowest BCUT2D eigenvalue weighted by Crippen LogP contribution is -2.01. The topological polar surface area (TPSA) is 17.1 Å². The second-order valence-corrected chi connectivity index (χ2v) is 6.14. The summed E-state index contributed by atoms with van der Waals surface area (Å²) in [5, 5.41) is 2.27. The predicted octanol–water partition coefficient (Wildman–Crippen LogP) is 1.40. The van der Waals surface area contributed by atoms with Gasteiger partial charge in [0.15, 0.2) is 0 Å². The summed E-state index contributed by atoms with van der Waals surface area (Å²) in [6.45, 7) is 2.22. The first kappa shape index (κ1) is 7.17. The molecule has 0 spiro atoms. The molecule has 0 radical (unpaired) electrons. The maximum Gasteiger partial charge on any atom is 0.0593 e. The summed E-state index contributed by atoms with van der Waals surface area (Å²) in [5.74, 6) is 0.998. The molecule has 0 aromatic rings. The van der Waals surface area contributed by atoms with E-state index in [1.165, 1.54) is 12.8 Å². The number of hydrogen-bond acceptors (Lipinski definition) is 2. The van der Waals surface area contributed by atoms with Crippen LogP contribution in [0.2, 0.25) is 0 Å². The Morgan fingerprint density at radius 2 is 2.40 bits per heavy atom. The second kappa shape index (κ2) is 2.52. The van der Waals surface area contributed by atoms with Crippen LogP contribution in [0.3, 0.4) is 0 Å². The molecule has 0 aromatic carbocycles. The Morgan fingerprint density at radius 1 is 1.70 bits per heavy atom. The molecule has 4 atom stereocenters. The van der Waals surface area contributed by atoms with Crippen molar-refractivity contribution in [2.75, 3.05) is 5.75 Å². The minimum Gasteiger partial charge on any atom is -0.259 e. The molecule has 2 saturated heterocycles. The molecule has 4 unspecified atom stereocenters. The van der Waals surface area contributed by atoms with Crippen LogP contribution in [0, 0.1) is 0 Å². The SMILES string of the molecule is CCCC1SC1C1CS1=O. The zero-order valence-corrected chi connectivity index (χ0v) is 7.71. The molecule has 0 saturated carbocycles. The fraction of sp³-hybridized carbons (Fsp3) is 1.00. The van der Waals surface area contributed by atoms with Gasteiger partial charge < -0.3 is 0 Å². The standard InChI is InChI=1S/C7H12OS2/c1-2-3-5-7(9-5)6-4-10(6)8/h5-7H,2-4H2,1H3. The molecule has 0 aliphatic carbocycles. The molecule has 0 amide bonds. The van der Waals surface area contributed by atoms with Gasteiger partial charge in [0.05, 0.1) is 5.25 Å². The second-order valence-electron chi connectivity index (χ2n) is 3.01. The monoisotopic (exact) mass is 176 g/mol. The van der Waals surface area contributed by atoms with Gasteiger partial charge in [-0.15, -0.1) is 0 Å². The van der Waals surface area contributed by atoms with Crippen LogP contribution in [0.5, 0.6) is 0 Å². The molecule has 2 heterocycles. The molecule has 0 aromatic heterocycles. The van der Waals surface area contributed by atoms with Gasteiger partial charge in [-0.2, -0.15) is 11.8 Å². The first-order valence-electron chi connectivity index (χ1n) is 3.85. The Kier molecular flexibility index (Phi) is 1.81. The minimum atomic E-state index is -0.412. The van der Waals surface area contributed by atoms with Gasteiger partial charge in [-0.3, -0.25) is 4.21 Å². The van der Waals surface area contributed by atoms with Crippen molar-refractivity contribution in [2.24, 2.45) is 0 Å². The summed E-state index contributed by atoms with van der Waals surface area (Å²) in [6.07, 6.45) is 2.62. The Bertz CT molecular complexity index is 169. The Balaban J connectivity index is 1.75. The van der Waals surface area contributed by atoms with E-state index in [0.717, 1.165) is 16.3 Å². The van der Waals surface area contributed by atoms with Gasteiger partial charge in [-0.1, -0.05) is 13.3 Å². The van der Waals surface area contributed by atoms with Crippen LogP contribution in [-0.4, -0.2) is 25.7 Å². The molecule has 2 aliphatic rings. The van der Waals surface area contributed by atoms with Crippen molar-refractivity contribution in [3.63, 3.8) is 0 Å². The van der Waals surface area contributed by atoms with Crippen molar-refractivity contribution in [1.29, 1.82) is 0 Å². The molecule has 58 valence electrons. The maximum absolute atomic E-state index is 10.8. The van der Waals surface area contributed by atoms with Gasteiger partial charge in [-0.05, 0) is 6.42 Å². The lowest BCUT2D eigenvalue weighted by atomic mass is 10.2. The Labute approximate surface area is 68.4 Å². The molecule has 10 heavy (non-hydrogen) atoms. The molecule has 2 aliphatic heterocycles. The van der Waals surface area contributed by atoms with E-state index in [1.807, 2.05) is 11.8 Å². The third kappa shape index (κ3) is 1.26. The van der Waals surface area contributed by atoms with Crippen molar-refractivity contribution in [3.8, 4) is 0 Å². The third-order valence-corrected chi connectivity index (χ3v) is 5.21. The summed E-state index contributed by atoms with van der Waals surface area (Å²) >= 11 is 2.04. The highest BCUT2D eigenvalue weighted by molar-refractivity contribution is 8.09. The van der Waals surface area contributed by atoms with E-state index in [-0.39, 0.29) is 0 Å². The lowest BCUT2D eigenvalue weighted by Gasteiger charge is -1.87. The number of thioether (sulfide) groups is 1. The van der Waals surface area contributed by atoms with Crippen LogP contribution >= 0.6 is 11.8 Å². The fourth-order valence-corrected chi connectivity index (χ4v) is 4.54. The molecular weight excluding hydrogens is 164 g/mol. The van der Waals surface area contributed by atoms with Crippen LogP contribution in [0.1, 0.15) is 19.8 Å². The average Bonchev–Trinajstić information content (AvgIpc) is 2.70. The van der Waals surface area contributed by atoms with E-state index in [0.29, 0.717) is 5.25 Å². The van der Waals surface area contributed by atoms with Crippen molar-refractivity contribution in [2.45, 2.75) is 35.5 Å². The zero-order valence-electron chi connectivity index (χ0n) is 6.08. The third-order valence-electron chi connectivity index (χ3n) is 2.11. The van der Waals surface area contributed by atoms with Gasteiger partial charge in [0, 0.05) is 27.1 Å². The fourth-order valence-electron chi connectivity index (χ4n) is 1.37. The van der Waals surface area contributed by atoms with Gasteiger partial charge >= 0.3 is 0 Å². The number of rotatable bonds is 3. The average molecular weight is 176 g/mol. The highest BCUT2D eigenvalue weighted by Crippen LogP contribution is 2.51. The summed E-state index contributed by atoms with van der Waals surface area (Å²) in [5.41, 5.74) is 0. The summed E-state index contributed by atoms with van der Waals surface area (Å²) in [7, 11) is -0.412. The summed E-state index contributed by atoms with van der Waals surface area (Å²) in [4.78, 5) is 0. The first-order chi connectivity index (χ1) is 4.83. The van der Waals surface area contributed by atoms with Gasteiger partial charge in [-0.25, -0.2) is 0 Å². The van der Waals surface area contributed by atoms with Gasteiger partial charge in [0.1, 0.15) is 0 Å². The molecule has 1 nitrogen and oxygen atoms in total. The molecule has 2 rings (SSSR count). The Morgan fingerprint density at radius 3 is 2.90 bits per heavy atom. The van der Waals surface area contributed by atoms with Crippen molar-refractivity contribution in [1.82, 2.24) is 0 Å². The molecule has 2 fully saturated rings. The zero-order chi connectivity index (χ0) is 7.14. The van der Waals surface area contributed by atoms with Crippen LogP contribution in [-0.2, 0) is 10.8 Å². The van der Waals surface area contributed by atoms with Gasteiger partial charge in [0.25, 0.3) is 0 Å². The van der Waals surface area contributed by atoms with E-state index in [9.17, 15) is 4.21 Å². The quantitative estimate of drug-likeness (QED) is 0.605. The summed E-state index contributed by atoms with van der Waals surface area (Å²) in [6, 6.07) is 0. The Hall–Kier alpha value is 0.500. The van der Waals surface area contributed by atoms with Crippen molar-refractivity contribution >= 4 is 22.6 Å². The van der Waals surface area contributed by atoms with Crippen molar-refractivity contribution in [3.05, 3.63) is 0 Å². The smallest absolute Gasteiger partial charge is 0.0593 e. The van der Waals surface area contributed by atoms with E-state index in [4.69, 9.17) is 0 Å². The molecule has 0 N–H and O–H groups in total. The normalized spacial score (nSPS) is 50.9. The van der Waals surface area contributed by atoms with E-state index < -0.39 is 10.8 Å². The first-order valence-corrected chi connectivity index (χ1v) is 6.18. The molecular formula is C7H12OS2. The van der Waals surface area contributed by atoms with Crippen LogP contribution < -0.4 is 0 Å². The van der Waals surface area contributed by atoms with E-state index >= 15 is 0 Å². The van der Waals surface area contributed by atoms with Gasteiger partial charge in [0.2, 0.25) is 0 Å². The molecule has 3 heteroatoms. The highest BCUT2D eigenvalue weighted by Gasteiger charge is 2.52. The largest absolute Gasteiger partial charge is 0.259 e. The minimum absolute atomic E-state index is 0.412. The van der Waals surface area contributed by atoms with E-state index in [1.54, 1.807) is 0 Å². The van der Waals surface area contributed by atoms with Crippen LogP contribution in [0.25, 0.3) is 0 Å².